The lowest BCUT2D eigenvalue weighted by molar-refractivity contribution is 0.0791. The van der Waals surface area contributed by atoms with Gasteiger partial charge in [0.2, 0.25) is 0 Å². The smallest absolute Gasteiger partial charge is 0.278 e. The SMILES string of the molecule is C=CCCN(C)C(=O)c1cccc(-n2c3nc(SC)ncc3c(=O)n2CC=C)n1. The molecular weight excluding hydrogens is 388 g/mol. The van der Waals surface area contributed by atoms with E-state index in [0.29, 0.717) is 35.0 Å². The molecule has 0 fully saturated rings. The largest absolute Gasteiger partial charge is 0.340 e. The number of nitrogens with zero attached hydrogens (tertiary/aromatic N) is 6. The van der Waals surface area contributed by atoms with Gasteiger partial charge in [-0.15, -0.1) is 13.2 Å². The maximum absolute atomic E-state index is 12.9. The Labute approximate surface area is 172 Å². The van der Waals surface area contributed by atoms with Gasteiger partial charge in [0.1, 0.15) is 11.1 Å². The van der Waals surface area contributed by atoms with E-state index in [1.807, 2.05) is 6.26 Å². The van der Waals surface area contributed by atoms with Gasteiger partial charge in [-0.25, -0.2) is 24.3 Å². The first-order chi connectivity index (χ1) is 14.0. The number of hydrogen-bond acceptors (Lipinski definition) is 6. The normalized spacial score (nSPS) is 10.8. The summed E-state index contributed by atoms with van der Waals surface area (Å²) in [6.45, 7) is 8.23. The van der Waals surface area contributed by atoms with Crippen LogP contribution in [0.15, 0.2) is 59.7 Å². The lowest BCUT2D eigenvalue weighted by Crippen LogP contribution is -2.29. The van der Waals surface area contributed by atoms with Crippen molar-refractivity contribution in [3.8, 4) is 5.82 Å². The molecule has 1 amide bonds. The second kappa shape index (κ2) is 8.87. The predicted octanol–water partition coefficient (Wildman–Crippen LogP) is 2.53. The average Bonchev–Trinajstić information content (AvgIpc) is 3.02. The average molecular weight is 411 g/mol. The zero-order valence-corrected chi connectivity index (χ0v) is 17.2. The van der Waals surface area contributed by atoms with Crippen LogP contribution < -0.4 is 5.56 Å². The van der Waals surface area contributed by atoms with E-state index in [1.54, 1.807) is 47.0 Å². The Bertz CT molecular complexity index is 1130. The van der Waals surface area contributed by atoms with Crippen LogP contribution in [0.25, 0.3) is 16.9 Å². The number of carbonyl (C=O) groups is 1. The maximum atomic E-state index is 12.9. The molecule has 3 heterocycles. The molecule has 150 valence electrons. The minimum atomic E-state index is -0.241. The number of fused-ring (bicyclic) bond motifs is 1. The van der Waals surface area contributed by atoms with Gasteiger partial charge in [0.05, 0.1) is 6.54 Å². The summed E-state index contributed by atoms with van der Waals surface area (Å²) in [6, 6.07) is 5.13. The number of rotatable bonds is 8. The highest BCUT2D eigenvalue weighted by atomic mass is 32.2. The Morgan fingerprint density at radius 1 is 1.28 bits per heavy atom. The van der Waals surface area contributed by atoms with Gasteiger partial charge < -0.3 is 4.90 Å². The molecule has 3 rings (SSSR count). The second-order valence-electron chi connectivity index (χ2n) is 6.27. The van der Waals surface area contributed by atoms with Crippen LogP contribution >= 0.6 is 11.8 Å². The van der Waals surface area contributed by atoms with Crippen molar-refractivity contribution in [2.75, 3.05) is 19.8 Å². The lowest BCUT2D eigenvalue weighted by Gasteiger charge is -2.16. The van der Waals surface area contributed by atoms with Gasteiger partial charge >= 0.3 is 0 Å². The number of carbonyl (C=O) groups excluding carboxylic acids is 1. The summed E-state index contributed by atoms with van der Waals surface area (Å²) < 4.78 is 3.09. The minimum Gasteiger partial charge on any atom is -0.340 e. The summed E-state index contributed by atoms with van der Waals surface area (Å²) in [5, 5.41) is 0.921. The number of thioether (sulfide) groups is 1. The molecule has 0 bridgehead atoms. The number of allylic oxidation sites excluding steroid dienone is 1. The highest BCUT2D eigenvalue weighted by molar-refractivity contribution is 7.98. The molecule has 0 aliphatic rings. The van der Waals surface area contributed by atoms with Crippen LogP contribution in [0.4, 0.5) is 0 Å². The molecule has 3 aromatic rings. The standard InChI is InChI=1S/C20H22N6O2S/c1-5-7-12-24(3)19(28)15-9-8-10-16(22-15)26-17-14(13-21-20(23-17)29-4)18(27)25(26)11-6-2/h5-6,8-10,13H,1-2,7,11-12H2,3-4H3. The van der Waals surface area contributed by atoms with Crippen LogP contribution in [-0.4, -0.2) is 55.0 Å². The number of pyridine rings is 1. The Morgan fingerprint density at radius 2 is 2.07 bits per heavy atom. The fourth-order valence-electron chi connectivity index (χ4n) is 2.87. The Balaban J connectivity index is 2.16. The first-order valence-electron chi connectivity index (χ1n) is 8.99. The van der Waals surface area contributed by atoms with E-state index in [0.717, 1.165) is 0 Å². The van der Waals surface area contributed by atoms with Gasteiger partial charge in [0.25, 0.3) is 11.5 Å². The number of amides is 1. The van der Waals surface area contributed by atoms with Crippen LogP contribution in [0.3, 0.4) is 0 Å². The summed E-state index contributed by atoms with van der Waals surface area (Å²) in [5.74, 6) is 0.217. The molecule has 0 saturated heterocycles. The van der Waals surface area contributed by atoms with E-state index in [4.69, 9.17) is 0 Å². The molecule has 3 aromatic heterocycles. The molecule has 0 radical (unpaired) electrons. The van der Waals surface area contributed by atoms with Crippen LogP contribution in [-0.2, 0) is 6.54 Å². The van der Waals surface area contributed by atoms with E-state index in [9.17, 15) is 9.59 Å². The molecule has 8 nitrogen and oxygen atoms in total. The van der Waals surface area contributed by atoms with Gasteiger partial charge in [-0.05, 0) is 24.8 Å². The first-order valence-corrected chi connectivity index (χ1v) is 10.2. The Morgan fingerprint density at radius 3 is 2.76 bits per heavy atom. The molecule has 0 N–H and O–H groups in total. The van der Waals surface area contributed by atoms with E-state index in [2.05, 4.69) is 28.1 Å². The van der Waals surface area contributed by atoms with Crippen LogP contribution in [0.1, 0.15) is 16.9 Å². The van der Waals surface area contributed by atoms with Crippen molar-refractivity contribution in [2.45, 2.75) is 18.1 Å². The van der Waals surface area contributed by atoms with Crippen molar-refractivity contribution >= 4 is 28.7 Å². The molecule has 0 atom stereocenters. The Hall–Kier alpha value is -3.20. The van der Waals surface area contributed by atoms with E-state index in [-0.39, 0.29) is 23.7 Å². The van der Waals surface area contributed by atoms with Gasteiger partial charge in [-0.1, -0.05) is 30.0 Å². The molecule has 0 aliphatic heterocycles. The monoisotopic (exact) mass is 410 g/mol. The summed E-state index contributed by atoms with van der Waals surface area (Å²) in [7, 11) is 1.72. The quantitative estimate of drug-likeness (QED) is 0.322. The second-order valence-corrected chi connectivity index (χ2v) is 7.04. The third-order valence-electron chi connectivity index (χ3n) is 4.32. The van der Waals surface area contributed by atoms with Crippen LogP contribution in [0, 0.1) is 0 Å². The molecule has 0 spiro atoms. The third-order valence-corrected chi connectivity index (χ3v) is 4.89. The third kappa shape index (κ3) is 4.00. The Kier molecular flexibility index (Phi) is 6.28. The number of aromatic nitrogens is 5. The van der Waals surface area contributed by atoms with E-state index in [1.165, 1.54) is 22.6 Å². The first kappa shape index (κ1) is 20.5. The van der Waals surface area contributed by atoms with Crippen molar-refractivity contribution in [1.82, 2.24) is 29.2 Å². The molecule has 0 saturated carbocycles. The summed E-state index contributed by atoms with van der Waals surface area (Å²) in [4.78, 5) is 40.4. The molecular formula is C20H22N6O2S. The molecule has 0 unspecified atom stereocenters. The van der Waals surface area contributed by atoms with Crippen molar-refractivity contribution in [2.24, 2.45) is 0 Å². The minimum absolute atomic E-state index is 0.206. The van der Waals surface area contributed by atoms with Crippen molar-refractivity contribution in [3.63, 3.8) is 0 Å². The van der Waals surface area contributed by atoms with Crippen LogP contribution in [0.2, 0.25) is 0 Å². The summed E-state index contributed by atoms with van der Waals surface area (Å²) in [5.41, 5.74) is 0.482. The number of hydrogen-bond donors (Lipinski definition) is 0. The zero-order valence-electron chi connectivity index (χ0n) is 16.4. The summed E-state index contributed by atoms with van der Waals surface area (Å²) >= 11 is 1.38. The highest BCUT2D eigenvalue weighted by Gasteiger charge is 2.19. The molecule has 0 aliphatic carbocycles. The van der Waals surface area contributed by atoms with Gasteiger partial charge in [-0.3, -0.25) is 9.59 Å². The van der Waals surface area contributed by atoms with Crippen LogP contribution in [0.5, 0.6) is 0 Å². The topological polar surface area (TPSA) is 85.9 Å². The van der Waals surface area contributed by atoms with Crippen molar-refractivity contribution in [1.29, 1.82) is 0 Å². The van der Waals surface area contributed by atoms with Crippen molar-refractivity contribution < 1.29 is 4.79 Å². The van der Waals surface area contributed by atoms with Crippen molar-refractivity contribution in [3.05, 3.63) is 65.8 Å². The van der Waals surface area contributed by atoms with E-state index >= 15 is 0 Å². The van der Waals surface area contributed by atoms with E-state index < -0.39 is 0 Å². The zero-order chi connectivity index (χ0) is 21.0. The summed E-state index contributed by atoms with van der Waals surface area (Å²) in [6.07, 6.45) is 7.46. The fraction of sp³-hybridized carbons (Fsp3) is 0.250. The molecule has 0 aromatic carbocycles. The maximum Gasteiger partial charge on any atom is 0.278 e. The van der Waals surface area contributed by atoms with Gasteiger partial charge in [0.15, 0.2) is 16.6 Å². The lowest BCUT2D eigenvalue weighted by atomic mass is 10.3. The highest BCUT2D eigenvalue weighted by Crippen LogP contribution is 2.18. The molecule has 9 heteroatoms. The van der Waals surface area contributed by atoms with Gasteiger partial charge in [0, 0.05) is 19.8 Å². The fourth-order valence-corrected chi connectivity index (χ4v) is 3.21. The predicted molar refractivity (Wildman–Crippen MR) is 115 cm³/mol. The van der Waals surface area contributed by atoms with Gasteiger partial charge in [-0.2, -0.15) is 0 Å². The molecule has 29 heavy (non-hydrogen) atoms.